The Morgan fingerprint density at radius 1 is 1.26 bits per heavy atom. The second-order valence-corrected chi connectivity index (χ2v) is 4.92. The Labute approximate surface area is 113 Å². The molecule has 0 saturated carbocycles. The van der Waals surface area contributed by atoms with Crippen LogP contribution in [-0.2, 0) is 4.74 Å². The molecular formula is C16H19NO2. The first-order valence-electron chi connectivity index (χ1n) is 6.40. The first-order valence-corrected chi connectivity index (χ1v) is 6.40. The van der Waals surface area contributed by atoms with Gasteiger partial charge in [-0.15, -0.1) is 0 Å². The van der Waals surface area contributed by atoms with Crippen molar-refractivity contribution < 1.29 is 9.53 Å². The first kappa shape index (κ1) is 13.4. The predicted octanol–water partition coefficient (Wildman–Crippen LogP) is 3.83. The summed E-state index contributed by atoms with van der Waals surface area (Å²) in [6.45, 7) is 6.17. The summed E-state index contributed by atoms with van der Waals surface area (Å²) in [5.41, 5.74) is 3.98. The third kappa shape index (κ3) is 2.55. The molecule has 3 heteroatoms. The van der Waals surface area contributed by atoms with Crippen molar-refractivity contribution in [3.05, 3.63) is 47.8 Å². The van der Waals surface area contributed by atoms with E-state index in [4.69, 9.17) is 4.74 Å². The lowest BCUT2D eigenvalue weighted by atomic mass is 10.0. The summed E-state index contributed by atoms with van der Waals surface area (Å²) in [7, 11) is 1.41. The summed E-state index contributed by atoms with van der Waals surface area (Å²) in [5.74, 6) is -0.298. The molecule has 0 aliphatic rings. The molecule has 2 rings (SSSR count). The molecule has 0 bridgehead atoms. The van der Waals surface area contributed by atoms with Crippen LogP contribution in [0.2, 0.25) is 0 Å². The zero-order valence-electron chi connectivity index (χ0n) is 11.8. The van der Waals surface area contributed by atoms with Crippen LogP contribution in [0.4, 0.5) is 0 Å². The lowest BCUT2D eigenvalue weighted by Gasteiger charge is -2.10. The fourth-order valence-electron chi connectivity index (χ4n) is 2.22. The molecule has 0 N–H and O–H groups in total. The Bertz CT molecular complexity index is 597. The Kier molecular flexibility index (Phi) is 3.74. The van der Waals surface area contributed by atoms with E-state index in [9.17, 15) is 4.79 Å². The highest BCUT2D eigenvalue weighted by molar-refractivity contribution is 5.90. The van der Waals surface area contributed by atoms with Gasteiger partial charge in [-0.1, -0.05) is 24.3 Å². The fourth-order valence-corrected chi connectivity index (χ4v) is 2.22. The average molecular weight is 257 g/mol. The molecule has 0 saturated heterocycles. The molecule has 1 aromatic heterocycles. The van der Waals surface area contributed by atoms with E-state index in [2.05, 4.69) is 19.1 Å². The van der Waals surface area contributed by atoms with Crippen molar-refractivity contribution in [1.82, 2.24) is 4.57 Å². The number of carbonyl (C=O) groups excluding carboxylic acids is 1. The van der Waals surface area contributed by atoms with Gasteiger partial charge in [0.05, 0.1) is 7.11 Å². The molecule has 19 heavy (non-hydrogen) atoms. The predicted molar refractivity (Wildman–Crippen MR) is 76.3 cm³/mol. The second kappa shape index (κ2) is 5.31. The van der Waals surface area contributed by atoms with Gasteiger partial charge < -0.3 is 9.30 Å². The van der Waals surface area contributed by atoms with E-state index < -0.39 is 0 Å². The Balaban J connectivity index is 2.55. The highest BCUT2D eigenvalue weighted by atomic mass is 16.5. The third-order valence-electron chi connectivity index (χ3n) is 3.26. The van der Waals surface area contributed by atoms with Gasteiger partial charge in [0.25, 0.3) is 0 Å². The van der Waals surface area contributed by atoms with Gasteiger partial charge in [0.1, 0.15) is 5.69 Å². The number of esters is 1. The van der Waals surface area contributed by atoms with Crippen LogP contribution in [0.5, 0.6) is 0 Å². The normalized spacial score (nSPS) is 10.8. The molecule has 3 nitrogen and oxygen atoms in total. The van der Waals surface area contributed by atoms with Crippen molar-refractivity contribution in [2.45, 2.75) is 26.8 Å². The van der Waals surface area contributed by atoms with E-state index in [1.54, 1.807) is 0 Å². The quantitative estimate of drug-likeness (QED) is 0.782. The molecule has 2 aromatic rings. The van der Waals surface area contributed by atoms with Crippen LogP contribution in [-0.4, -0.2) is 17.6 Å². The lowest BCUT2D eigenvalue weighted by Crippen LogP contribution is -2.11. The van der Waals surface area contributed by atoms with Gasteiger partial charge >= 0.3 is 5.97 Å². The number of ether oxygens (including phenoxy) is 1. The standard InChI is InChI=1S/C16H19NO2/c1-11(2)17-10-13(9-15(17)16(18)19-4)14-8-6-5-7-12(14)3/h5-11H,1-4H3. The van der Waals surface area contributed by atoms with Gasteiger partial charge in [-0.25, -0.2) is 4.79 Å². The number of aryl methyl sites for hydroxylation is 1. The summed E-state index contributed by atoms with van der Waals surface area (Å²) in [6, 6.07) is 10.3. The summed E-state index contributed by atoms with van der Waals surface area (Å²) < 4.78 is 6.80. The molecule has 0 radical (unpaired) electrons. The van der Waals surface area contributed by atoms with Crippen LogP contribution in [0.15, 0.2) is 36.5 Å². The van der Waals surface area contributed by atoms with E-state index in [1.807, 2.05) is 42.8 Å². The van der Waals surface area contributed by atoms with Crippen molar-refractivity contribution in [2.24, 2.45) is 0 Å². The van der Waals surface area contributed by atoms with Gasteiger partial charge in [0.15, 0.2) is 0 Å². The number of aromatic nitrogens is 1. The van der Waals surface area contributed by atoms with Gasteiger partial charge in [0.2, 0.25) is 0 Å². The zero-order valence-corrected chi connectivity index (χ0v) is 11.8. The van der Waals surface area contributed by atoms with Crippen molar-refractivity contribution in [2.75, 3.05) is 7.11 Å². The molecule has 0 unspecified atom stereocenters. The summed E-state index contributed by atoms with van der Waals surface area (Å²) >= 11 is 0. The molecule has 0 spiro atoms. The highest BCUT2D eigenvalue weighted by Gasteiger charge is 2.17. The van der Waals surface area contributed by atoms with Crippen LogP contribution in [0.25, 0.3) is 11.1 Å². The number of rotatable bonds is 3. The van der Waals surface area contributed by atoms with E-state index in [-0.39, 0.29) is 12.0 Å². The second-order valence-electron chi connectivity index (χ2n) is 4.92. The van der Waals surface area contributed by atoms with Crippen LogP contribution in [0.3, 0.4) is 0 Å². The number of hydrogen-bond acceptors (Lipinski definition) is 2. The number of carbonyl (C=O) groups is 1. The molecule has 0 aliphatic carbocycles. The molecule has 1 aromatic carbocycles. The zero-order chi connectivity index (χ0) is 14.0. The maximum atomic E-state index is 11.8. The average Bonchev–Trinajstić information content (AvgIpc) is 2.83. The number of benzene rings is 1. The number of nitrogens with zero attached hydrogens (tertiary/aromatic N) is 1. The smallest absolute Gasteiger partial charge is 0.354 e. The third-order valence-corrected chi connectivity index (χ3v) is 3.26. The highest BCUT2D eigenvalue weighted by Crippen LogP contribution is 2.27. The first-order chi connectivity index (χ1) is 9.04. The minimum Gasteiger partial charge on any atom is -0.464 e. The fraction of sp³-hybridized carbons (Fsp3) is 0.312. The molecule has 100 valence electrons. The van der Waals surface area contributed by atoms with Gasteiger partial charge in [-0.3, -0.25) is 0 Å². The largest absolute Gasteiger partial charge is 0.464 e. The van der Waals surface area contributed by atoms with E-state index in [0.29, 0.717) is 5.69 Å². The van der Waals surface area contributed by atoms with Crippen molar-refractivity contribution in [3.63, 3.8) is 0 Å². The molecule has 1 heterocycles. The molecule has 0 atom stereocenters. The van der Waals surface area contributed by atoms with E-state index in [0.717, 1.165) is 11.1 Å². The Hall–Kier alpha value is -2.03. The van der Waals surface area contributed by atoms with Gasteiger partial charge in [0, 0.05) is 17.8 Å². The lowest BCUT2D eigenvalue weighted by molar-refractivity contribution is 0.0587. The maximum Gasteiger partial charge on any atom is 0.354 e. The van der Waals surface area contributed by atoms with Crippen LogP contribution in [0, 0.1) is 6.92 Å². The van der Waals surface area contributed by atoms with Crippen molar-refractivity contribution in [3.8, 4) is 11.1 Å². The van der Waals surface area contributed by atoms with Crippen LogP contribution >= 0.6 is 0 Å². The minimum atomic E-state index is -0.298. The van der Waals surface area contributed by atoms with Crippen molar-refractivity contribution in [1.29, 1.82) is 0 Å². The summed E-state index contributed by atoms with van der Waals surface area (Å²) in [4.78, 5) is 11.8. The summed E-state index contributed by atoms with van der Waals surface area (Å²) in [6.07, 6.45) is 2.01. The monoisotopic (exact) mass is 257 g/mol. The molecular weight excluding hydrogens is 238 g/mol. The van der Waals surface area contributed by atoms with E-state index in [1.165, 1.54) is 12.7 Å². The summed E-state index contributed by atoms with van der Waals surface area (Å²) in [5, 5.41) is 0. The minimum absolute atomic E-state index is 0.215. The molecule has 0 aliphatic heterocycles. The van der Waals surface area contributed by atoms with Gasteiger partial charge in [-0.05, 0) is 38.0 Å². The van der Waals surface area contributed by atoms with Crippen LogP contribution < -0.4 is 0 Å². The molecule has 0 fully saturated rings. The van der Waals surface area contributed by atoms with E-state index >= 15 is 0 Å². The SMILES string of the molecule is COC(=O)c1cc(-c2ccccc2C)cn1C(C)C. The maximum absolute atomic E-state index is 11.8. The Morgan fingerprint density at radius 3 is 2.53 bits per heavy atom. The Morgan fingerprint density at radius 2 is 1.95 bits per heavy atom. The number of methoxy groups -OCH3 is 1. The van der Waals surface area contributed by atoms with Gasteiger partial charge in [-0.2, -0.15) is 0 Å². The topological polar surface area (TPSA) is 31.2 Å². The molecule has 0 amide bonds. The number of hydrogen-bond donors (Lipinski definition) is 0. The van der Waals surface area contributed by atoms with Crippen molar-refractivity contribution >= 4 is 5.97 Å². The van der Waals surface area contributed by atoms with Crippen LogP contribution in [0.1, 0.15) is 35.9 Å².